The predicted molar refractivity (Wildman–Crippen MR) is 60.8 cm³/mol. The molecule has 1 unspecified atom stereocenters. The van der Waals surface area contributed by atoms with Gasteiger partial charge in [0.15, 0.2) is 0 Å². The van der Waals surface area contributed by atoms with Gasteiger partial charge in [-0.15, -0.1) is 0 Å². The number of nitrogens with zero attached hydrogens (tertiary/aromatic N) is 1. The standard InChI is InChI=1S/C10H18N4O/c1-7(2)3-8(5-11)14-9-4-10(15)13-6-12-9/h4,6-8H,3,5,11H2,1-2H3,(H2,12,13,14,15). The Labute approximate surface area is 89.1 Å². The molecule has 84 valence electrons. The Hall–Kier alpha value is -1.36. The van der Waals surface area contributed by atoms with E-state index in [2.05, 4.69) is 29.1 Å². The zero-order valence-electron chi connectivity index (χ0n) is 9.16. The Morgan fingerprint density at radius 2 is 2.33 bits per heavy atom. The smallest absolute Gasteiger partial charge is 0.252 e. The van der Waals surface area contributed by atoms with Gasteiger partial charge in [-0.2, -0.15) is 0 Å². The Morgan fingerprint density at radius 3 is 2.87 bits per heavy atom. The summed E-state index contributed by atoms with van der Waals surface area (Å²) in [7, 11) is 0. The summed E-state index contributed by atoms with van der Waals surface area (Å²) >= 11 is 0. The Kier molecular flexibility index (Phi) is 4.30. The molecule has 0 amide bonds. The molecular weight excluding hydrogens is 192 g/mol. The molecule has 1 aromatic heterocycles. The lowest BCUT2D eigenvalue weighted by Gasteiger charge is -2.18. The fraction of sp³-hybridized carbons (Fsp3) is 0.600. The van der Waals surface area contributed by atoms with Crippen LogP contribution in [0, 0.1) is 5.92 Å². The minimum atomic E-state index is -0.159. The fourth-order valence-electron chi connectivity index (χ4n) is 1.44. The van der Waals surface area contributed by atoms with Crippen molar-refractivity contribution in [1.82, 2.24) is 9.97 Å². The van der Waals surface area contributed by atoms with Crippen LogP contribution in [0.2, 0.25) is 0 Å². The summed E-state index contributed by atoms with van der Waals surface area (Å²) in [5.74, 6) is 1.14. The third kappa shape index (κ3) is 4.12. The Morgan fingerprint density at radius 1 is 1.60 bits per heavy atom. The summed E-state index contributed by atoms with van der Waals surface area (Å²) in [6.45, 7) is 4.80. The molecule has 0 aliphatic heterocycles. The van der Waals surface area contributed by atoms with Crippen LogP contribution >= 0.6 is 0 Å². The molecule has 1 heterocycles. The van der Waals surface area contributed by atoms with Crippen LogP contribution in [0.1, 0.15) is 20.3 Å². The molecule has 0 bridgehead atoms. The maximum Gasteiger partial charge on any atom is 0.252 e. The van der Waals surface area contributed by atoms with Gasteiger partial charge in [-0.3, -0.25) is 4.79 Å². The number of hydrogen-bond acceptors (Lipinski definition) is 4. The van der Waals surface area contributed by atoms with E-state index < -0.39 is 0 Å². The first-order valence-corrected chi connectivity index (χ1v) is 5.13. The van der Waals surface area contributed by atoms with E-state index in [0.29, 0.717) is 18.3 Å². The van der Waals surface area contributed by atoms with Crippen molar-refractivity contribution in [2.75, 3.05) is 11.9 Å². The van der Waals surface area contributed by atoms with Gasteiger partial charge in [-0.1, -0.05) is 13.8 Å². The van der Waals surface area contributed by atoms with Gasteiger partial charge in [0.25, 0.3) is 5.56 Å². The Balaban J connectivity index is 2.62. The summed E-state index contributed by atoms with van der Waals surface area (Å²) < 4.78 is 0. The minimum Gasteiger partial charge on any atom is -0.366 e. The topological polar surface area (TPSA) is 83.8 Å². The maximum absolute atomic E-state index is 11.0. The van der Waals surface area contributed by atoms with Crippen LogP contribution in [0.3, 0.4) is 0 Å². The number of anilines is 1. The van der Waals surface area contributed by atoms with Gasteiger partial charge >= 0.3 is 0 Å². The normalized spacial score (nSPS) is 12.8. The van der Waals surface area contributed by atoms with Crippen LogP contribution < -0.4 is 16.6 Å². The average molecular weight is 210 g/mol. The van der Waals surface area contributed by atoms with Crippen molar-refractivity contribution in [1.29, 1.82) is 0 Å². The molecule has 0 aromatic carbocycles. The molecule has 1 rings (SSSR count). The molecule has 0 saturated carbocycles. The first-order chi connectivity index (χ1) is 7.11. The second-order valence-electron chi connectivity index (χ2n) is 4.00. The quantitative estimate of drug-likeness (QED) is 0.663. The predicted octanol–water partition coefficient (Wildman–Crippen LogP) is 0.555. The van der Waals surface area contributed by atoms with E-state index in [1.165, 1.54) is 12.4 Å². The van der Waals surface area contributed by atoms with Crippen LogP contribution in [0.5, 0.6) is 0 Å². The molecule has 1 aromatic rings. The number of hydrogen-bond donors (Lipinski definition) is 3. The zero-order chi connectivity index (χ0) is 11.3. The van der Waals surface area contributed by atoms with E-state index in [1.807, 2.05) is 0 Å². The van der Waals surface area contributed by atoms with Gasteiger partial charge < -0.3 is 16.0 Å². The van der Waals surface area contributed by atoms with Crippen LogP contribution in [0.15, 0.2) is 17.2 Å². The third-order valence-corrected chi connectivity index (χ3v) is 2.07. The molecule has 4 N–H and O–H groups in total. The molecule has 5 heteroatoms. The van der Waals surface area contributed by atoms with E-state index >= 15 is 0 Å². The van der Waals surface area contributed by atoms with E-state index in [4.69, 9.17) is 5.73 Å². The van der Waals surface area contributed by atoms with Gasteiger partial charge in [-0.05, 0) is 12.3 Å². The number of aromatic amines is 1. The van der Waals surface area contributed by atoms with Gasteiger partial charge in [0, 0.05) is 18.7 Å². The fourth-order valence-corrected chi connectivity index (χ4v) is 1.44. The lowest BCUT2D eigenvalue weighted by Crippen LogP contribution is -2.31. The minimum absolute atomic E-state index is 0.159. The second kappa shape index (κ2) is 5.50. The highest BCUT2D eigenvalue weighted by atomic mass is 16.1. The van der Waals surface area contributed by atoms with Gasteiger partial charge in [0.1, 0.15) is 5.82 Å². The summed E-state index contributed by atoms with van der Waals surface area (Å²) in [4.78, 5) is 17.5. The van der Waals surface area contributed by atoms with Crippen molar-refractivity contribution < 1.29 is 0 Å². The number of nitrogens with one attached hydrogen (secondary N) is 2. The van der Waals surface area contributed by atoms with E-state index in [1.54, 1.807) is 0 Å². The van der Waals surface area contributed by atoms with Gasteiger partial charge in [0.2, 0.25) is 0 Å². The third-order valence-electron chi connectivity index (χ3n) is 2.07. The van der Waals surface area contributed by atoms with Gasteiger partial charge in [-0.25, -0.2) is 4.98 Å². The van der Waals surface area contributed by atoms with E-state index in [-0.39, 0.29) is 11.6 Å². The summed E-state index contributed by atoms with van der Waals surface area (Å²) in [6, 6.07) is 1.60. The first-order valence-electron chi connectivity index (χ1n) is 5.13. The van der Waals surface area contributed by atoms with E-state index in [0.717, 1.165) is 6.42 Å². The average Bonchev–Trinajstić information content (AvgIpc) is 2.16. The van der Waals surface area contributed by atoms with Crippen molar-refractivity contribution in [3.05, 3.63) is 22.7 Å². The molecule has 0 aliphatic rings. The summed E-state index contributed by atoms with van der Waals surface area (Å²) in [6.07, 6.45) is 2.35. The summed E-state index contributed by atoms with van der Waals surface area (Å²) in [5, 5.41) is 3.14. The number of aromatic nitrogens is 2. The van der Waals surface area contributed by atoms with Crippen LogP contribution in [-0.2, 0) is 0 Å². The van der Waals surface area contributed by atoms with Crippen LogP contribution in [-0.4, -0.2) is 22.6 Å². The maximum atomic E-state index is 11.0. The van der Waals surface area contributed by atoms with Crippen molar-refractivity contribution >= 4 is 5.82 Å². The molecule has 5 nitrogen and oxygen atoms in total. The molecule has 15 heavy (non-hydrogen) atoms. The molecular formula is C10H18N4O. The molecule has 0 aliphatic carbocycles. The molecule has 0 spiro atoms. The van der Waals surface area contributed by atoms with Crippen molar-refractivity contribution in [3.63, 3.8) is 0 Å². The van der Waals surface area contributed by atoms with Crippen LogP contribution in [0.25, 0.3) is 0 Å². The SMILES string of the molecule is CC(C)CC(CN)Nc1cc(=O)[nH]cn1. The number of rotatable bonds is 5. The highest BCUT2D eigenvalue weighted by Crippen LogP contribution is 2.08. The van der Waals surface area contributed by atoms with Crippen molar-refractivity contribution in [2.45, 2.75) is 26.3 Å². The first kappa shape index (κ1) is 11.7. The highest BCUT2D eigenvalue weighted by molar-refractivity contribution is 5.33. The zero-order valence-corrected chi connectivity index (χ0v) is 9.16. The largest absolute Gasteiger partial charge is 0.366 e. The molecule has 0 radical (unpaired) electrons. The summed E-state index contributed by atoms with van der Waals surface area (Å²) in [5.41, 5.74) is 5.47. The lowest BCUT2D eigenvalue weighted by molar-refractivity contribution is 0.521. The van der Waals surface area contributed by atoms with Crippen molar-refractivity contribution in [2.24, 2.45) is 11.7 Å². The second-order valence-corrected chi connectivity index (χ2v) is 4.00. The Bertz CT molecular complexity index is 347. The highest BCUT2D eigenvalue weighted by Gasteiger charge is 2.09. The lowest BCUT2D eigenvalue weighted by atomic mass is 10.0. The number of H-pyrrole nitrogens is 1. The molecule has 1 atom stereocenters. The van der Waals surface area contributed by atoms with Gasteiger partial charge in [0.05, 0.1) is 6.33 Å². The van der Waals surface area contributed by atoms with Crippen LogP contribution in [0.4, 0.5) is 5.82 Å². The molecule has 0 fully saturated rings. The number of nitrogens with two attached hydrogens (primary N) is 1. The van der Waals surface area contributed by atoms with Crippen molar-refractivity contribution in [3.8, 4) is 0 Å². The molecule has 0 saturated heterocycles. The van der Waals surface area contributed by atoms with E-state index in [9.17, 15) is 4.79 Å². The monoisotopic (exact) mass is 210 g/mol.